The summed E-state index contributed by atoms with van der Waals surface area (Å²) in [6, 6.07) is 12.5. The average molecular weight is 410 g/mol. The molecular weight excluding hydrogens is 389 g/mol. The third kappa shape index (κ3) is 4.87. The predicted molar refractivity (Wildman–Crippen MR) is 103 cm³/mol. The Balaban J connectivity index is 1.63. The van der Waals surface area contributed by atoms with Gasteiger partial charge in [0.25, 0.3) is 0 Å². The van der Waals surface area contributed by atoms with Gasteiger partial charge in [-0.05, 0) is 49.1 Å². The van der Waals surface area contributed by atoms with Gasteiger partial charge in [0.05, 0.1) is 15.7 Å². The Hall–Kier alpha value is -1.92. The molecule has 2 aromatic rings. The van der Waals surface area contributed by atoms with Crippen LogP contribution in [0.25, 0.3) is 0 Å². The van der Waals surface area contributed by atoms with Gasteiger partial charge in [0.1, 0.15) is 5.82 Å². The van der Waals surface area contributed by atoms with Gasteiger partial charge in [0, 0.05) is 19.0 Å². The molecule has 144 valence electrons. The average Bonchev–Trinajstić information content (AvgIpc) is 3.10. The number of rotatable bonds is 6. The summed E-state index contributed by atoms with van der Waals surface area (Å²) in [4.78, 5) is 14.6. The largest absolute Gasteiger partial charge is 0.339 e. The van der Waals surface area contributed by atoms with Crippen molar-refractivity contribution in [2.45, 2.75) is 36.6 Å². The molecule has 1 aliphatic heterocycles. The van der Waals surface area contributed by atoms with Crippen molar-refractivity contribution in [2.24, 2.45) is 0 Å². The van der Waals surface area contributed by atoms with Crippen LogP contribution in [0, 0.1) is 5.82 Å². The summed E-state index contributed by atoms with van der Waals surface area (Å²) in [5, 5.41) is 0.0517. The van der Waals surface area contributed by atoms with Crippen molar-refractivity contribution in [2.75, 3.05) is 12.3 Å². The summed E-state index contributed by atoms with van der Waals surface area (Å²) in [6.45, 7) is 0.558. The highest BCUT2D eigenvalue weighted by Crippen LogP contribution is 2.24. The maximum absolute atomic E-state index is 13.5. The second-order valence-electron chi connectivity index (χ2n) is 6.73. The second kappa shape index (κ2) is 8.40. The molecule has 1 amide bonds. The smallest absolute Gasteiger partial charge is 0.223 e. The number of nitrogens with zero attached hydrogens (tertiary/aromatic N) is 1. The van der Waals surface area contributed by atoms with Crippen LogP contribution in [0.3, 0.4) is 0 Å². The molecule has 0 bridgehead atoms. The number of hydrogen-bond acceptors (Lipinski definition) is 3. The number of carbonyl (C=O) groups excluding carboxylic acids is 1. The maximum Gasteiger partial charge on any atom is 0.223 e. The fourth-order valence-corrected chi connectivity index (χ4v) is 5.14. The number of amides is 1. The molecule has 27 heavy (non-hydrogen) atoms. The Kier molecular flexibility index (Phi) is 6.17. The van der Waals surface area contributed by atoms with Crippen LogP contribution in [0.1, 0.15) is 24.8 Å². The molecule has 1 atom stereocenters. The van der Waals surface area contributed by atoms with Gasteiger partial charge in [0.15, 0.2) is 9.84 Å². The van der Waals surface area contributed by atoms with Crippen LogP contribution < -0.4 is 0 Å². The number of benzene rings is 2. The standard InChI is InChI=1S/C20H21ClFNO3S/c21-18-10-8-15(13-19(18)22)9-11-20(24)23-12-4-5-16(23)14-27(25,26)17-6-2-1-3-7-17/h1-3,6-8,10,13,16H,4-5,9,11-12,14H2. The van der Waals surface area contributed by atoms with E-state index in [0.717, 1.165) is 6.42 Å². The molecule has 1 aliphatic rings. The first-order valence-electron chi connectivity index (χ1n) is 8.88. The lowest BCUT2D eigenvalue weighted by atomic mass is 10.1. The minimum absolute atomic E-state index is 0.0517. The number of likely N-dealkylation sites (tertiary alicyclic amines) is 1. The normalized spacial score (nSPS) is 17.3. The van der Waals surface area contributed by atoms with Crippen molar-refractivity contribution >= 4 is 27.3 Å². The molecule has 1 unspecified atom stereocenters. The summed E-state index contributed by atoms with van der Waals surface area (Å²) in [5.41, 5.74) is 0.693. The Morgan fingerprint density at radius 2 is 1.93 bits per heavy atom. The second-order valence-corrected chi connectivity index (χ2v) is 9.17. The molecule has 0 N–H and O–H groups in total. The van der Waals surface area contributed by atoms with Crippen molar-refractivity contribution in [3.8, 4) is 0 Å². The van der Waals surface area contributed by atoms with E-state index in [0.29, 0.717) is 24.9 Å². The molecule has 0 aromatic heterocycles. The summed E-state index contributed by atoms with van der Waals surface area (Å²) in [5.74, 6) is -0.677. The van der Waals surface area contributed by atoms with E-state index < -0.39 is 15.7 Å². The lowest BCUT2D eigenvalue weighted by Gasteiger charge is -2.24. The number of hydrogen-bond donors (Lipinski definition) is 0. The fourth-order valence-electron chi connectivity index (χ4n) is 3.40. The van der Waals surface area contributed by atoms with Crippen molar-refractivity contribution in [1.82, 2.24) is 4.90 Å². The van der Waals surface area contributed by atoms with E-state index in [1.807, 2.05) is 0 Å². The van der Waals surface area contributed by atoms with E-state index in [1.165, 1.54) is 12.1 Å². The number of carbonyl (C=O) groups is 1. The Morgan fingerprint density at radius 3 is 2.63 bits per heavy atom. The molecule has 0 radical (unpaired) electrons. The molecule has 2 aromatic carbocycles. The van der Waals surface area contributed by atoms with Crippen molar-refractivity contribution < 1.29 is 17.6 Å². The van der Waals surface area contributed by atoms with Gasteiger partial charge in [-0.3, -0.25) is 4.79 Å². The monoisotopic (exact) mass is 409 g/mol. The first kappa shape index (κ1) is 19.8. The van der Waals surface area contributed by atoms with Crippen molar-refractivity contribution in [1.29, 1.82) is 0 Å². The Bertz CT molecular complexity index is 918. The molecule has 4 nitrogen and oxygen atoms in total. The molecule has 3 rings (SSSR count). The molecule has 7 heteroatoms. The third-order valence-electron chi connectivity index (χ3n) is 4.82. The summed E-state index contributed by atoms with van der Waals surface area (Å²) in [7, 11) is -3.45. The summed E-state index contributed by atoms with van der Waals surface area (Å²) in [6.07, 6.45) is 2.06. The number of aryl methyl sites for hydroxylation is 1. The van der Waals surface area contributed by atoms with Gasteiger partial charge >= 0.3 is 0 Å². The molecular formula is C20H21ClFNO3S. The van der Waals surface area contributed by atoms with E-state index in [-0.39, 0.29) is 34.0 Å². The Labute approximate surface area is 163 Å². The zero-order valence-corrected chi connectivity index (χ0v) is 16.3. The summed E-state index contributed by atoms with van der Waals surface area (Å²) >= 11 is 5.67. The van der Waals surface area contributed by atoms with Gasteiger partial charge < -0.3 is 4.90 Å². The Morgan fingerprint density at radius 1 is 1.19 bits per heavy atom. The highest BCUT2D eigenvalue weighted by atomic mass is 35.5. The molecule has 1 heterocycles. The number of sulfone groups is 1. The third-order valence-corrected chi connectivity index (χ3v) is 6.94. The SMILES string of the molecule is O=C(CCc1ccc(Cl)c(F)c1)N1CCCC1CS(=O)(=O)c1ccccc1. The van der Waals surface area contributed by atoms with E-state index >= 15 is 0 Å². The van der Waals surface area contributed by atoms with Crippen LogP contribution in [-0.4, -0.2) is 37.6 Å². The van der Waals surface area contributed by atoms with E-state index in [9.17, 15) is 17.6 Å². The predicted octanol–water partition coefficient (Wildman–Crippen LogP) is 3.88. The summed E-state index contributed by atoms with van der Waals surface area (Å²) < 4.78 is 38.7. The maximum atomic E-state index is 13.5. The highest BCUT2D eigenvalue weighted by molar-refractivity contribution is 7.91. The minimum Gasteiger partial charge on any atom is -0.339 e. The van der Waals surface area contributed by atoms with Crippen LogP contribution in [-0.2, 0) is 21.1 Å². The van der Waals surface area contributed by atoms with Crippen molar-refractivity contribution in [3.63, 3.8) is 0 Å². The molecule has 1 saturated heterocycles. The zero-order chi connectivity index (χ0) is 19.4. The van der Waals surface area contributed by atoms with Crippen LogP contribution in [0.15, 0.2) is 53.4 Å². The van der Waals surface area contributed by atoms with Gasteiger partial charge in [-0.1, -0.05) is 35.9 Å². The van der Waals surface area contributed by atoms with Crippen LogP contribution in [0.5, 0.6) is 0 Å². The lowest BCUT2D eigenvalue weighted by Crippen LogP contribution is -2.39. The van der Waals surface area contributed by atoms with Crippen LogP contribution in [0.2, 0.25) is 5.02 Å². The zero-order valence-electron chi connectivity index (χ0n) is 14.8. The van der Waals surface area contributed by atoms with Crippen molar-refractivity contribution in [3.05, 3.63) is 64.9 Å². The van der Waals surface area contributed by atoms with Crippen LogP contribution in [0.4, 0.5) is 4.39 Å². The van der Waals surface area contributed by atoms with Gasteiger partial charge in [0.2, 0.25) is 5.91 Å². The minimum atomic E-state index is -3.45. The first-order chi connectivity index (χ1) is 12.9. The van der Waals surface area contributed by atoms with E-state index in [2.05, 4.69) is 0 Å². The van der Waals surface area contributed by atoms with E-state index in [4.69, 9.17) is 11.6 Å². The van der Waals surface area contributed by atoms with Gasteiger partial charge in [-0.2, -0.15) is 0 Å². The number of halogens is 2. The van der Waals surface area contributed by atoms with Gasteiger partial charge in [-0.25, -0.2) is 12.8 Å². The van der Waals surface area contributed by atoms with Crippen LogP contribution >= 0.6 is 11.6 Å². The molecule has 0 saturated carbocycles. The fraction of sp³-hybridized carbons (Fsp3) is 0.350. The lowest BCUT2D eigenvalue weighted by molar-refractivity contribution is -0.131. The molecule has 1 fully saturated rings. The highest BCUT2D eigenvalue weighted by Gasteiger charge is 2.32. The topological polar surface area (TPSA) is 54.5 Å². The molecule has 0 aliphatic carbocycles. The van der Waals surface area contributed by atoms with E-state index in [1.54, 1.807) is 41.3 Å². The first-order valence-corrected chi connectivity index (χ1v) is 10.9. The molecule has 0 spiro atoms. The quantitative estimate of drug-likeness (QED) is 0.727. The van der Waals surface area contributed by atoms with Gasteiger partial charge in [-0.15, -0.1) is 0 Å².